The van der Waals surface area contributed by atoms with Gasteiger partial charge in [0.2, 0.25) is 0 Å². The normalized spacial score (nSPS) is 12.6. The molecule has 2 aromatic rings. The summed E-state index contributed by atoms with van der Waals surface area (Å²) < 4.78 is 13.9. The molecular weight excluding hydrogens is 447 g/mol. The van der Waals surface area contributed by atoms with E-state index in [0.717, 1.165) is 31.3 Å². The fourth-order valence-corrected chi connectivity index (χ4v) is 3.19. The highest BCUT2D eigenvalue weighted by Crippen LogP contribution is 2.33. The summed E-state index contributed by atoms with van der Waals surface area (Å²) in [6, 6.07) is 8.79. The number of Topliss-reactive ketones (excluding diaryl/α,β-unsaturated/α-hetero) is 1. The second kappa shape index (κ2) is 16.9. The molecule has 0 fully saturated rings. The zero-order chi connectivity index (χ0) is 26.9. The number of nitriles is 1. The Labute approximate surface area is 216 Å². The van der Waals surface area contributed by atoms with Crippen molar-refractivity contribution in [2.24, 2.45) is 0 Å². The Morgan fingerprint density at radius 1 is 1.08 bits per heavy atom. The minimum Gasteiger partial charge on any atom is -0.300 e. The molecule has 1 aromatic heterocycles. The Morgan fingerprint density at radius 2 is 1.78 bits per heavy atom. The molecule has 0 spiro atoms. The number of hydrogen-bond donors (Lipinski definition) is 0. The number of allylic oxidation sites excluding steroid dienone is 8. The Kier molecular flexibility index (Phi) is 14.3. The molecule has 1 radical (unpaired) electrons. The summed E-state index contributed by atoms with van der Waals surface area (Å²) in [5, 5.41) is 9.00. The van der Waals surface area contributed by atoms with Gasteiger partial charge in [-0.2, -0.15) is 5.26 Å². The highest BCUT2D eigenvalue weighted by Gasteiger charge is 2.16. The molecule has 0 bridgehead atoms. The molecular formula is C32H38FN2O. The van der Waals surface area contributed by atoms with Gasteiger partial charge in [-0.1, -0.05) is 67.5 Å². The van der Waals surface area contributed by atoms with E-state index < -0.39 is 0 Å². The van der Waals surface area contributed by atoms with Crippen LogP contribution in [0.1, 0.15) is 78.4 Å². The van der Waals surface area contributed by atoms with Crippen LogP contribution in [-0.4, -0.2) is 10.8 Å². The van der Waals surface area contributed by atoms with Crippen LogP contribution in [0.4, 0.5) is 4.39 Å². The van der Waals surface area contributed by atoms with Gasteiger partial charge >= 0.3 is 0 Å². The van der Waals surface area contributed by atoms with Crippen LogP contribution in [0.15, 0.2) is 78.2 Å². The van der Waals surface area contributed by atoms with Gasteiger partial charge < -0.3 is 4.79 Å². The maximum absolute atomic E-state index is 13.9. The third kappa shape index (κ3) is 11.2. The SMILES string of the molecule is C/C=C(C)/C=C\C=C(/C)CCCCC(C)=O.CC.N#Cc1cnccc1-c1ccc(C2=C[CH]2)c(F)c1. The summed E-state index contributed by atoms with van der Waals surface area (Å²) in [4.78, 5) is 14.6. The summed E-state index contributed by atoms with van der Waals surface area (Å²) in [5.41, 5.74) is 6.02. The lowest BCUT2D eigenvalue weighted by molar-refractivity contribution is -0.117. The van der Waals surface area contributed by atoms with Gasteiger partial charge in [0.15, 0.2) is 0 Å². The van der Waals surface area contributed by atoms with Crippen LogP contribution in [0.2, 0.25) is 0 Å². The minimum atomic E-state index is -0.270. The highest BCUT2D eigenvalue weighted by molar-refractivity contribution is 5.88. The van der Waals surface area contributed by atoms with Crippen LogP contribution in [0.25, 0.3) is 16.7 Å². The monoisotopic (exact) mass is 485 g/mol. The Balaban J connectivity index is 0.000000340. The van der Waals surface area contributed by atoms with E-state index in [2.05, 4.69) is 49.2 Å². The first-order valence-corrected chi connectivity index (χ1v) is 12.5. The van der Waals surface area contributed by atoms with Crippen molar-refractivity contribution >= 4 is 11.4 Å². The van der Waals surface area contributed by atoms with Gasteiger partial charge in [-0.25, -0.2) is 4.39 Å². The van der Waals surface area contributed by atoms with Gasteiger partial charge in [0.05, 0.1) is 5.56 Å². The van der Waals surface area contributed by atoms with Crippen molar-refractivity contribution in [1.29, 1.82) is 5.26 Å². The second-order valence-corrected chi connectivity index (χ2v) is 8.33. The number of halogens is 1. The number of carbonyl (C=O) groups is 1. The van der Waals surface area contributed by atoms with E-state index in [0.29, 0.717) is 28.0 Å². The molecule has 0 unspecified atom stereocenters. The summed E-state index contributed by atoms with van der Waals surface area (Å²) in [5.74, 6) is 0.0263. The number of hydrogen-bond acceptors (Lipinski definition) is 3. The molecule has 0 aliphatic heterocycles. The third-order valence-corrected chi connectivity index (χ3v) is 5.41. The minimum absolute atomic E-state index is 0.270. The average Bonchev–Trinajstić information content (AvgIpc) is 3.73. The number of ketones is 1. The largest absolute Gasteiger partial charge is 0.300 e. The van der Waals surface area contributed by atoms with Gasteiger partial charge in [-0.15, -0.1) is 0 Å². The van der Waals surface area contributed by atoms with Crippen molar-refractivity contribution in [3.05, 3.63) is 102 Å². The molecule has 0 amide bonds. The van der Waals surface area contributed by atoms with Gasteiger partial charge in [-0.05, 0) is 70.2 Å². The fourth-order valence-electron chi connectivity index (χ4n) is 3.19. The molecule has 189 valence electrons. The smallest absolute Gasteiger partial charge is 0.131 e. The van der Waals surface area contributed by atoms with Crippen molar-refractivity contribution in [1.82, 2.24) is 4.98 Å². The zero-order valence-corrected chi connectivity index (χ0v) is 22.4. The number of rotatable bonds is 9. The van der Waals surface area contributed by atoms with Gasteiger partial charge in [-0.3, -0.25) is 4.98 Å². The molecule has 1 heterocycles. The predicted molar refractivity (Wildman–Crippen MR) is 149 cm³/mol. The fraction of sp³-hybridized carbons (Fsp3) is 0.312. The summed E-state index contributed by atoms with van der Waals surface area (Å²) >= 11 is 0. The third-order valence-electron chi connectivity index (χ3n) is 5.41. The zero-order valence-electron chi connectivity index (χ0n) is 22.4. The van der Waals surface area contributed by atoms with E-state index in [4.69, 9.17) is 5.26 Å². The standard InChI is InChI=1S/C15H8FN2.C15H24O.C2H6/c16-15-7-11(3-4-14(15)10-1-2-10)13-5-6-18-9-12(13)8-17;1-5-13(2)10-8-11-14(3)9-6-7-12-15(4)16;1-2/h1-7,9H;5,8,10-11H,6-7,9,12H2,1-4H3;1-2H3/b;10-8-,13-5+,14-11+;. The van der Waals surface area contributed by atoms with Crippen LogP contribution in [0.3, 0.4) is 0 Å². The van der Waals surface area contributed by atoms with Crippen molar-refractivity contribution in [3.63, 3.8) is 0 Å². The first-order chi connectivity index (χ1) is 17.3. The second-order valence-electron chi connectivity index (χ2n) is 8.33. The highest BCUT2D eigenvalue weighted by atomic mass is 19.1. The number of unbranched alkanes of at least 4 members (excludes halogenated alkanes) is 1. The molecule has 3 rings (SSSR count). The summed E-state index contributed by atoms with van der Waals surface area (Å²) in [7, 11) is 0. The van der Waals surface area contributed by atoms with Crippen LogP contribution < -0.4 is 0 Å². The molecule has 1 aliphatic rings. The Bertz CT molecular complexity index is 1160. The van der Waals surface area contributed by atoms with Gasteiger partial charge in [0.1, 0.15) is 17.7 Å². The molecule has 4 heteroatoms. The molecule has 0 saturated carbocycles. The summed E-state index contributed by atoms with van der Waals surface area (Å²) in [6.07, 6.45) is 19.2. The van der Waals surface area contributed by atoms with Crippen molar-refractivity contribution in [2.75, 3.05) is 0 Å². The van der Waals surface area contributed by atoms with E-state index in [-0.39, 0.29) is 5.82 Å². The van der Waals surface area contributed by atoms with Gasteiger partial charge in [0.25, 0.3) is 0 Å². The molecule has 3 nitrogen and oxygen atoms in total. The van der Waals surface area contributed by atoms with Crippen LogP contribution in [-0.2, 0) is 4.79 Å². The Morgan fingerprint density at radius 3 is 2.36 bits per heavy atom. The maximum atomic E-state index is 13.9. The van der Waals surface area contributed by atoms with E-state index in [1.807, 2.05) is 39.3 Å². The molecule has 0 N–H and O–H groups in total. The van der Waals surface area contributed by atoms with Crippen molar-refractivity contribution in [3.8, 4) is 17.2 Å². The van der Waals surface area contributed by atoms with E-state index in [9.17, 15) is 9.18 Å². The predicted octanol–water partition coefficient (Wildman–Crippen LogP) is 8.99. The molecule has 0 saturated heterocycles. The molecule has 36 heavy (non-hydrogen) atoms. The van der Waals surface area contributed by atoms with E-state index in [1.54, 1.807) is 25.3 Å². The number of aromatic nitrogens is 1. The van der Waals surface area contributed by atoms with Crippen LogP contribution in [0, 0.1) is 23.6 Å². The lowest BCUT2D eigenvalue weighted by Gasteiger charge is -2.05. The molecule has 1 aromatic carbocycles. The van der Waals surface area contributed by atoms with E-state index in [1.165, 1.54) is 23.4 Å². The first-order valence-electron chi connectivity index (χ1n) is 12.5. The van der Waals surface area contributed by atoms with E-state index >= 15 is 0 Å². The first kappa shape index (κ1) is 30.5. The lowest BCUT2D eigenvalue weighted by atomic mass is 10.00. The van der Waals surface area contributed by atoms with Crippen LogP contribution in [0.5, 0.6) is 0 Å². The maximum Gasteiger partial charge on any atom is 0.131 e. The summed E-state index contributed by atoms with van der Waals surface area (Å²) in [6.45, 7) is 11.9. The lowest BCUT2D eigenvalue weighted by Crippen LogP contribution is -1.89. The van der Waals surface area contributed by atoms with Crippen molar-refractivity contribution < 1.29 is 9.18 Å². The number of carbonyl (C=O) groups excluding carboxylic acids is 1. The number of pyridine rings is 1. The quantitative estimate of drug-likeness (QED) is 0.263. The van der Waals surface area contributed by atoms with Gasteiger partial charge in [0, 0.05) is 36.4 Å². The Hall–Kier alpha value is -3.58. The van der Waals surface area contributed by atoms with Crippen LogP contribution >= 0.6 is 0 Å². The number of benzene rings is 1. The molecule has 1 aliphatic carbocycles. The average molecular weight is 486 g/mol. The number of nitrogens with zero attached hydrogens (tertiary/aromatic N) is 2. The molecule has 0 atom stereocenters. The topological polar surface area (TPSA) is 53.8 Å². The van der Waals surface area contributed by atoms with Crippen molar-refractivity contribution in [2.45, 2.75) is 67.2 Å².